The van der Waals surface area contributed by atoms with Gasteiger partial charge in [0.1, 0.15) is 11.3 Å². The van der Waals surface area contributed by atoms with Gasteiger partial charge < -0.3 is 5.73 Å². The third-order valence-corrected chi connectivity index (χ3v) is 5.00. The molecular weight excluding hydrogens is 386 g/mol. The summed E-state index contributed by atoms with van der Waals surface area (Å²) in [5.41, 5.74) is 13.1. The van der Waals surface area contributed by atoms with Crippen molar-refractivity contribution in [3.8, 4) is 11.8 Å². The Morgan fingerprint density at radius 3 is 2.52 bits per heavy atom. The Hall–Kier alpha value is -4.49. The predicted molar refractivity (Wildman–Crippen MR) is 120 cm³/mol. The molecule has 7 nitrogen and oxygen atoms in total. The van der Waals surface area contributed by atoms with Gasteiger partial charge in [-0.3, -0.25) is 4.57 Å². The van der Waals surface area contributed by atoms with Gasteiger partial charge in [0, 0.05) is 6.42 Å². The van der Waals surface area contributed by atoms with Crippen LogP contribution in [0.1, 0.15) is 33.6 Å². The van der Waals surface area contributed by atoms with Gasteiger partial charge in [0.15, 0.2) is 11.8 Å². The number of nitriles is 1. The fraction of sp³-hybridized carbons (Fsp3) is 0.125. The average Bonchev–Trinajstić information content (AvgIpc) is 3.07. The molecule has 31 heavy (non-hydrogen) atoms. The van der Waals surface area contributed by atoms with E-state index in [1.165, 1.54) is 6.20 Å². The molecule has 2 aromatic heterocycles. The maximum atomic E-state index is 8.97. The van der Waals surface area contributed by atoms with Crippen molar-refractivity contribution in [1.82, 2.24) is 19.5 Å². The van der Waals surface area contributed by atoms with E-state index in [1.54, 1.807) is 24.4 Å². The van der Waals surface area contributed by atoms with Crippen LogP contribution in [0.3, 0.4) is 0 Å². The van der Waals surface area contributed by atoms with Crippen molar-refractivity contribution >= 4 is 23.2 Å². The molecule has 2 aromatic carbocycles. The highest BCUT2D eigenvalue weighted by Gasteiger charge is 2.17. The minimum atomic E-state index is 0.343. The standard InChI is InChI=1S/C24H19N7/c1-15-10-19(8-9-27-3)11-16(2)22(15)31-23-20(29-24(31)26)14-28-21(30-23)12-17-4-6-18(13-25)7-5-17/h4-11,14H,12H2,1-2H3,(H2,26,29). The molecule has 0 amide bonds. The van der Waals surface area contributed by atoms with E-state index in [0.29, 0.717) is 34.9 Å². The normalized spacial score (nSPS) is 11.0. The maximum Gasteiger partial charge on any atom is 0.207 e. The largest absolute Gasteiger partial charge is 0.369 e. The number of aryl methyl sites for hydroxylation is 2. The Morgan fingerprint density at radius 1 is 1.16 bits per heavy atom. The first kappa shape index (κ1) is 19.8. The van der Waals surface area contributed by atoms with E-state index in [1.807, 2.05) is 42.7 Å². The summed E-state index contributed by atoms with van der Waals surface area (Å²) in [6.45, 7) is 10.9. The Kier molecular flexibility index (Phi) is 5.17. The topological polar surface area (TPSA) is 97.8 Å². The molecule has 2 heterocycles. The van der Waals surface area contributed by atoms with Gasteiger partial charge in [0.05, 0.1) is 30.1 Å². The van der Waals surface area contributed by atoms with Gasteiger partial charge in [-0.2, -0.15) is 5.26 Å². The van der Waals surface area contributed by atoms with Crippen molar-refractivity contribution in [3.63, 3.8) is 0 Å². The summed E-state index contributed by atoms with van der Waals surface area (Å²) in [7, 11) is 0. The predicted octanol–water partition coefficient (Wildman–Crippen LogP) is 4.37. The molecule has 0 saturated heterocycles. The van der Waals surface area contributed by atoms with E-state index in [9.17, 15) is 0 Å². The molecular formula is C24H19N7. The first-order valence-corrected chi connectivity index (χ1v) is 9.63. The lowest BCUT2D eigenvalue weighted by atomic mass is 10.0. The summed E-state index contributed by atoms with van der Waals surface area (Å²) in [4.78, 5) is 16.9. The first-order valence-electron chi connectivity index (χ1n) is 9.63. The van der Waals surface area contributed by atoms with Crippen molar-refractivity contribution in [2.24, 2.45) is 0 Å². The number of hydrogen-bond acceptors (Lipinski definition) is 5. The SMILES string of the molecule is [C-]#[N+]C=Cc1cc(C)c(-n2c(N)nc3cnc(Cc4ccc(C#N)cc4)nc32)c(C)c1. The van der Waals surface area contributed by atoms with Crippen LogP contribution in [0.15, 0.2) is 48.8 Å². The molecule has 0 aliphatic rings. The van der Waals surface area contributed by atoms with Crippen LogP contribution >= 0.6 is 0 Å². The molecule has 0 aliphatic carbocycles. The zero-order valence-electron chi connectivity index (χ0n) is 17.2. The molecule has 0 saturated carbocycles. The highest BCUT2D eigenvalue weighted by atomic mass is 15.2. The van der Waals surface area contributed by atoms with Gasteiger partial charge in [-0.05, 0) is 48.2 Å². The summed E-state index contributed by atoms with van der Waals surface area (Å²) in [6, 6.07) is 13.5. The summed E-state index contributed by atoms with van der Waals surface area (Å²) >= 11 is 0. The number of fused-ring (bicyclic) bond motifs is 1. The van der Waals surface area contributed by atoms with Gasteiger partial charge >= 0.3 is 0 Å². The molecule has 150 valence electrons. The molecule has 2 N–H and O–H groups in total. The molecule has 0 spiro atoms. The van der Waals surface area contributed by atoms with Crippen LogP contribution in [0.5, 0.6) is 0 Å². The van der Waals surface area contributed by atoms with Crippen LogP contribution in [0.25, 0.3) is 27.8 Å². The summed E-state index contributed by atoms with van der Waals surface area (Å²) in [6.07, 6.45) is 5.44. The minimum Gasteiger partial charge on any atom is -0.369 e. The molecule has 7 heteroatoms. The van der Waals surface area contributed by atoms with Crippen molar-refractivity contribution in [1.29, 1.82) is 5.26 Å². The number of nitrogens with zero attached hydrogens (tertiary/aromatic N) is 6. The smallest absolute Gasteiger partial charge is 0.207 e. The molecule has 0 radical (unpaired) electrons. The lowest BCUT2D eigenvalue weighted by Gasteiger charge is -2.14. The Morgan fingerprint density at radius 2 is 1.87 bits per heavy atom. The number of hydrogen-bond donors (Lipinski definition) is 1. The maximum absolute atomic E-state index is 8.97. The van der Waals surface area contributed by atoms with Crippen molar-refractivity contribution in [3.05, 3.63) is 93.9 Å². The number of anilines is 1. The van der Waals surface area contributed by atoms with Gasteiger partial charge in [0.2, 0.25) is 5.95 Å². The van der Waals surface area contributed by atoms with E-state index < -0.39 is 0 Å². The molecule has 0 bridgehead atoms. The second-order valence-corrected chi connectivity index (χ2v) is 7.23. The van der Waals surface area contributed by atoms with Crippen LogP contribution in [-0.4, -0.2) is 19.5 Å². The van der Waals surface area contributed by atoms with Crippen LogP contribution < -0.4 is 5.73 Å². The number of imidazole rings is 1. The van der Waals surface area contributed by atoms with E-state index in [-0.39, 0.29) is 0 Å². The number of aromatic nitrogens is 4. The Labute approximate surface area is 180 Å². The molecule has 0 atom stereocenters. The van der Waals surface area contributed by atoms with E-state index in [2.05, 4.69) is 20.9 Å². The van der Waals surface area contributed by atoms with Gasteiger partial charge in [-0.1, -0.05) is 30.3 Å². The molecule has 0 fully saturated rings. The minimum absolute atomic E-state index is 0.343. The zero-order valence-corrected chi connectivity index (χ0v) is 17.2. The third-order valence-electron chi connectivity index (χ3n) is 5.00. The third kappa shape index (κ3) is 3.85. The second kappa shape index (κ2) is 8.10. The van der Waals surface area contributed by atoms with E-state index >= 15 is 0 Å². The number of nitrogen functional groups attached to an aromatic ring is 1. The second-order valence-electron chi connectivity index (χ2n) is 7.23. The first-order chi connectivity index (χ1) is 15.0. The van der Waals surface area contributed by atoms with Crippen molar-refractivity contribution in [2.75, 3.05) is 5.73 Å². The van der Waals surface area contributed by atoms with Gasteiger partial charge in [-0.25, -0.2) is 19.8 Å². The van der Waals surface area contributed by atoms with Crippen LogP contribution in [0, 0.1) is 31.8 Å². The molecule has 4 rings (SSSR count). The van der Waals surface area contributed by atoms with Crippen molar-refractivity contribution in [2.45, 2.75) is 20.3 Å². The van der Waals surface area contributed by atoms with Crippen molar-refractivity contribution < 1.29 is 0 Å². The van der Waals surface area contributed by atoms with Gasteiger partial charge in [-0.15, -0.1) is 0 Å². The lowest BCUT2D eigenvalue weighted by molar-refractivity contribution is 0.965. The fourth-order valence-corrected chi connectivity index (χ4v) is 3.67. The summed E-state index contributed by atoms with van der Waals surface area (Å²) in [5.74, 6) is 0.987. The summed E-state index contributed by atoms with van der Waals surface area (Å²) < 4.78 is 1.85. The summed E-state index contributed by atoms with van der Waals surface area (Å²) in [5, 5.41) is 8.97. The van der Waals surface area contributed by atoms with E-state index in [0.717, 1.165) is 27.9 Å². The number of rotatable bonds is 4. The molecule has 0 aliphatic heterocycles. The Bertz CT molecular complexity index is 1370. The molecule has 0 unspecified atom stereocenters. The fourth-order valence-electron chi connectivity index (χ4n) is 3.67. The Balaban J connectivity index is 1.79. The highest BCUT2D eigenvalue weighted by Crippen LogP contribution is 2.28. The molecule has 4 aromatic rings. The quantitative estimate of drug-likeness (QED) is 0.509. The number of nitrogens with two attached hydrogens (primary N) is 1. The number of benzene rings is 2. The average molecular weight is 405 g/mol. The van der Waals surface area contributed by atoms with Gasteiger partial charge in [0.25, 0.3) is 0 Å². The highest BCUT2D eigenvalue weighted by molar-refractivity contribution is 5.77. The van der Waals surface area contributed by atoms with Crippen LogP contribution in [0.2, 0.25) is 0 Å². The van der Waals surface area contributed by atoms with Crippen LogP contribution in [-0.2, 0) is 6.42 Å². The van der Waals surface area contributed by atoms with E-state index in [4.69, 9.17) is 22.6 Å². The van der Waals surface area contributed by atoms with Crippen LogP contribution in [0.4, 0.5) is 5.95 Å². The monoisotopic (exact) mass is 405 g/mol. The lowest BCUT2D eigenvalue weighted by Crippen LogP contribution is -2.07. The zero-order chi connectivity index (χ0) is 22.0.